The molecule has 0 aliphatic heterocycles. The van der Waals surface area contributed by atoms with Gasteiger partial charge in [-0.3, -0.25) is 9.59 Å². The van der Waals surface area contributed by atoms with Crippen molar-refractivity contribution < 1.29 is 9.59 Å². The van der Waals surface area contributed by atoms with Gasteiger partial charge < -0.3 is 10.6 Å². The number of hydrogen-bond donors (Lipinski definition) is 2. The molecule has 0 radical (unpaired) electrons. The minimum atomic E-state index is -0.517. The lowest BCUT2D eigenvalue weighted by Gasteiger charge is -2.18. The van der Waals surface area contributed by atoms with Crippen LogP contribution >= 0.6 is 23.4 Å². The molecule has 0 aliphatic carbocycles. The van der Waals surface area contributed by atoms with Gasteiger partial charge in [0.2, 0.25) is 11.8 Å². The first kappa shape index (κ1) is 24.3. The Kier molecular flexibility index (Phi) is 8.39. The highest BCUT2D eigenvalue weighted by atomic mass is 35.5. The molecule has 0 spiro atoms. The van der Waals surface area contributed by atoms with E-state index < -0.39 is 5.25 Å². The van der Waals surface area contributed by atoms with E-state index in [9.17, 15) is 9.59 Å². The molecule has 2 amide bonds. The molecule has 174 valence electrons. The van der Waals surface area contributed by atoms with E-state index in [1.54, 1.807) is 18.2 Å². The molecule has 4 aromatic rings. The van der Waals surface area contributed by atoms with Gasteiger partial charge in [-0.1, -0.05) is 90.5 Å². The maximum absolute atomic E-state index is 13.3. The van der Waals surface area contributed by atoms with Crippen LogP contribution in [0, 0.1) is 0 Å². The van der Waals surface area contributed by atoms with E-state index in [0.717, 1.165) is 16.0 Å². The number of thioether (sulfide) groups is 1. The molecule has 1 unspecified atom stereocenters. The fourth-order valence-corrected chi connectivity index (χ4v) is 4.63. The Morgan fingerprint density at radius 2 is 1.46 bits per heavy atom. The third-order valence-corrected chi connectivity index (χ3v) is 6.63. The first-order chi connectivity index (χ1) is 17.1. The van der Waals surface area contributed by atoms with Crippen LogP contribution in [0.3, 0.4) is 0 Å². The Hall–Kier alpha value is -3.80. The summed E-state index contributed by atoms with van der Waals surface area (Å²) in [7, 11) is 0. The molecule has 0 aliphatic rings. The predicted molar refractivity (Wildman–Crippen MR) is 146 cm³/mol. The highest BCUT2D eigenvalue weighted by molar-refractivity contribution is 8.00. The molecule has 0 fully saturated rings. The van der Waals surface area contributed by atoms with Gasteiger partial charge in [0.25, 0.3) is 0 Å². The minimum Gasteiger partial charge on any atom is -0.323 e. The molecular formula is C29H23ClN2O2S. The Labute approximate surface area is 214 Å². The first-order valence-electron chi connectivity index (χ1n) is 11.0. The van der Waals surface area contributed by atoms with Gasteiger partial charge in [-0.05, 0) is 47.5 Å². The lowest BCUT2D eigenvalue weighted by molar-refractivity contribution is -0.116. The summed E-state index contributed by atoms with van der Waals surface area (Å²) >= 11 is 7.65. The molecule has 0 bridgehead atoms. The molecule has 4 rings (SSSR count). The third-order valence-electron chi connectivity index (χ3n) is 5.05. The van der Waals surface area contributed by atoms with Crippen molar-refractivity contribution >= 4 is 52.6 Å². The summed E-state index contributed by atoms with van der Waals surface area (Å²) in [6, 6.07) is 33.8. The largest absolute Gasteiger partial charge is 0.323 e. The normalized spacial score (nSPS) is 11.7. The van der Waals surface area contributed by atoms with Crippen LogP contribution in [0.15, 0.2) is 120 Å². The molecule has 35 heavy (non-hydrogen) atoms. The zero-order chi connectivity index (χ0) is 24.5. The summed E-state index contributed by atoms with van der Waals surface area (Å²) in [6.07, 6.45) is 3.26. The van der Waals surface area contributed by atoms with Crippen LogP contribution in [-0.4, -0.2) is 11.8 Å². The zero-order valence-corrected chi connectivity index (χ0v) is 20.3. The summed E-state index contributed by atoms with van der Waals surface area (Å²) in [5, 5.41) is 5.78. The predicted octanol–water partition coefficient (Wildman–Crippen LogP) is 7.46. The second kappa shape index (κ2) is 12.1. The standard InChI is InChI=1S/C29H23ClN2O2S/c30-25-16-7-8-17-26(25)32-29(34)28(22-12-5-2-6-13-22)35-24-15-9-14-23(20-24)31-27(33)19-18-21-10-3-1-4-11-21/h1-20,28H,(H,31,33)(H,32,34)/b19-18+. The number of amides is 2. The number of rotatable bonds is 8. The van der Waals surface area contributed by atoms with Gasteiger partial charge in [-0.15, -0.1) is 11.8 Å². The number of anilines is 2. The molecule has 4 nitrogen and oxygen atoms in total. The maximum Gasteiger partial charge on any atom is 0.248 e. The van der Waals surface area contributed by atoms with E-state index in [4.69, 9.17) is 11.6 Å². The van der Waals surface area contributed by atoms with Crippen LogP contribution in [0.4, 0.5) is 11.4 Å². The van der Waals surface area contributed by atoms with Crippen molar-refractivity contribution in [1.82, 2.24) is 0 Å². The molecule has 0 saturated carbocycles. The van der Waals surface area contributed by atoms with Crippen LogP contribution < -0.4 is 10.6 Å². The molecule has 1 atom stereocenters. The van der Waals surface area contributed by atoms with Gasteiger partial charge in [-0.25, -0.2) is 0 Å². The molecule has 2 N–H and O–H groups in total. The Morgan fingerprint density at radius 3 is 2.20 bits per heavy atom. The van der Waals surface area contributed by atoms with Crippen molar-refractivity contribution in [3.8, 4) is 0 Å². The molecule has 0 saturated heterocycles. The van der Waals surface area contributed by atoms with Gasteiger partial charge in [-0.2, -0.15) is 0 Å². The topological polar surface area (TPSA) is 58.2 Å². The fourth-order valence-electron chi connectivity index (χ4n) is 3.36. The van der Waals surface area contributed by atoms with E-state index in [1.165, 1.54) is 17.8 Å². The summed E-state index contributed by atoms with van der Waals surface area (Å²) in [5.74, 6) is -0.415. The quantitative estimate of drug-likeness (QED) is 0.196. The van der Waals surface area contributed by atoms with Gasteiger partial charge in [0, 0.05) is 16.7 Å². The third kappa shape index (κ3) is 7.09. The number of nitrogens with one attached hydrogen (secondary N) is 2. The number of halogens is 1. The van der Waals surface area contributed by atoms with Gasteiger partial charge in [0.1, 0.15) is 5.25 Å². The number of para-hydroxylation sites is 1. The monoisotopic (exact) mass is 498 g/mol. The Balaban J connectivity index is 1.50. The van der Waals surface area contributed by atoms with E-state index in [0.29, 0.717) is 16.4 Å². The van der Waals surface area contributed by atoms with Crippen LogP contribution in [-0.2, 0) is 9.59 Å². The van der Waals surface area contributed by atoms with E-state index in [1.807, 2.05) is 97.1 Å². The average molecular weight is 499 g/mol. The average Bonchev–Trinajstić information content (AvgIpc) is 2.89. The second-order valence-corrected chi connectivity index (χ2v) is 9.22. The maximum atomic E-state index is 13.3. The molecule has 0 heterocycles. The fraction of sp³-hybridized carbons (Fsp3) is 0.0345. The molecule has 0 aromatic heterocycles. The van der Waals surface area contributed by atoms with Crippen molar-refractivity contribution in [3.63, 3.8) is 0 Å². The number of hydrogen-bond acceptors (Lipinski definition) is 3. The Morgan fingerprint density at radius 1 is 0.771 bits per heavy atom. The first-order valence-corrected chi connectivity index (χ1v) is 12.3. The van der Waals surface area contributed by atoms with Crippen molar-refractivity contribution in [3.05, 3.63) is 131 Å². The molecule has 4 aromatic carbocycles. The lowest BCUT2D eigenvalue weighted by atomic mass is 10.1. The summed E-state index contributed by atoms with van der Waals surface area (Å²) in [6.45, 7) is 0. The van der Waals surface area contributed by atoms with Crippen LogP contribution in [0.5, 0.6) is 0 Å². The van der Waals surface area contributed by atoms with E-state index in [-0.39, 0.29) is 11.8 Å². The van der Waals surface area contributed by atoms with Crippen molar-refractivity contribution in [2.75, 3.05) is 10.6 Å². The highest BCUT2D eigenvalue weighted by Crippen LogP contribution is 2.37. The Bertz CT molecular complexity index is 1330. The van der Waals surface area contributed by atoms with Crippen molar-refractivity contribution in [1.29, 1.82) is 0 Å². The van der Waals surface area contributed by atoms with Crippen LogP contribution in [0.1, 0.15) is 16.4 Å². The highest BCUT2D eigenvalue weighted by Gasteiger charge is 2.23. The second-order valence-electron chi connectivity index (χ2n) is 7.64. The molecule has 6 heteroatoms. The zero-order valence-electron chi connectivity index (χ0n) is 18.7. The summed E-state index contributed by atoms with van der Waals surface area (Å²) in [5.41, 5.74) is 3.02. The number of benzene rings is 4. The van der Waals surface area contributed by atoms with E-state index >= 15 is 0 Å². The summed E-state index contributed by atoms with van der Waals surface area (Å²) < 4.78 is 0. The van der Waals surface area contributed by atoms with Gasteiger partial charge >= 0.3 is 0 Å². The van der Waals surface area contributed by atoms with E-state index in [2.05, 4.69) is 10.6 Å². The van der Waals surface area contributed by atoms with Crippen molar-refractivity contribution in [2.24, 2.45) is 0 Å². The lowest BCUT2D eigenvalue weighted by Crippen LogP contribution is -2.19. The smallest absolute Gasteiger partial charge is 0.248 e. The molecular weight excluding hydrogens is 476 g/mol. The van der Waals surface area contributed by atoms with Crippen molar-refractivity contribution in [2.45, 2.75) is 10.1 Å². The number of carbonyl (C=O) groups excluding carboxylic acids is 2. The SMILES string of the molecule is O=C(/C=C/c1ccccc1)Nc1cccc(SC(C(=O)Nc2ccccc2Cl)c2ccccc2)c1. The minimum absolute atomic E-state index is 0.186. The van der Waals surface area contributed by atoms with Gasteiger partial charge in [0.15, 0.2) is 0 Å². The summed E-state index contributed by atoms with van der Waals surface area (Å²) in [4.78, 5) is 26.5. The van der Waals surface area contributed by atoms with Crippen LogP contribution in [0.2, 0.25) is 5.02 Å². The number of carbonyl (C=O) groups is 2. The van der Waals surface area contributed by atoms with Crippen LogP contribution in [0.25, 0.3) is 6.08 Å². The van der Waals surface area contributed by atoms with Gasteiger partial charge in [0.05, 0.1) is 10.7 Å².